The molecule has 0 amide bonds. The van der Waals surface area contributed by atoms with Crippen LogP contribution in [0.3, 0.4) is 0 Å². The maximum atomic E-state index is 13.1. The fourth-order valence-electron chi connectivity index (χ4n) is 1.95. The molecule has 1 rings (SSSR count). The smallest absolute Gasteiger partial charge is 0.140 e. The Hall–Kier alpha value is -1.62. The predicted octanol–water partition coefficient (Wildman–Crippen LogP) is 2.17. The molecule has 0 aliphatic carbocycles. The van der Waals surface area contributed by atoms with Gasteiger partial charge in [-0.15, -0.1) is 0 Å². The minimum Gasteiger partial charge on any atom is -0.409 e. The first-order valence-corrected chi connectivity index (χ1v) is 5.97. The van der Waals surface area contributed by atoms with Gasteiger partial charge in [0.1, 0.15) is 11.7 Å². The van der Waals surface area contributed by atoms with Crippen LogP contribution in [-0.4, -0.2) is 29.0 Å². The Morgan fingerprint density at radius 2 is 2.28 bits per heavy atom. The van der Waals surface area contributed by atoms with Gasteiger partial charge in [-0.25, -0.2) is 4.39 Å². The predicted molar refractivity (Wildman–Crippen MR) is 70.0 cm³/mol. The van der Waals surface area contributed by atoms with Crippen LogP contribution in [0.2, 0.25) is 0 Å². The third kappa shape index (κ3) is 4.33. The van der Waals surface area contributed by atoms with E-state index in [-0.39, 0.29) is 17.7 Å². The van der Waals surface area contributed by atoms with Crippen LogP contribution in [0.25, 0.3) is 0 Å². The maximum Gasteiger partial charge on any atom is 0.140 e. The first-order chi connectivity index (χ1) is 8.56. The van der Waals surface area contributed by atoms with Crippen molar-refractivity contribution < 1.29 is 9.60 Å². The van der Waals surface area contributed by atoms with Gasteiger partial charge in [0.25, 0.3) is 0 Å². The van der Waals surface area contributed by atoms with E-state index in [1.807, 2.05) is 20.0 Å². The highest BCUT2D eigenvalue weighted by atomic mass is 19.1. The summed E-state index contributed by atoms with van der Waals surface area (Å²) >= 11 is 0. The van der Waals surface area contributed by atoms with Crippen molar-refractivity contribution in [3.63, 3.8) is 0 Å². The molecule has 0 aliphatic rings. The number of oxime groups is 1. The third-order valence-electron chi connectivity index (χ3n) is 2.99. The summed E-state index contributed by atoms with van der Waals surface area (Å²) in [4.78, 5) is 2.08. The zero-order chi connectivity index (χ0) is 13.5. The summed E-state index contributed by atoms with van der Waals surface area (Å²) in [6.07, 6.45) is 1.38. The molecule has 0 saturated heterocycles. The van der Waals surface area contributed by atoms with Crippen molar-refractivity contribution in [1.82, 2.24) is 4.90 Å². The monoisotopic (exact) mass is 253 g/mol. The van der Waals surface area contributed by atoms with Crippen LogP contribution in [0.1, 0.15) is 25.3 Å². The Labute approximate surface area is 107 Å². The van der Waals surface area contributed by atoms with Crippen molar-refractivity contribution in [1.29, 1.82) is 0 Å². The largest absolute Gasteiger partial charge is 0.409 e. The average molecular weight is 253 g/mol. The van der Waals surface area contributed by atoms with Crippen LogP contribution >= 0.6 is 0 Å². The van der Waals surface area contributed by atoms with Crippen LogP contribution in [-0.2, 0) is 6.54 Å². The van der Waals surface area contributed by atoms with Crippen molar-refractivity contribution in [3.8, 4) is 0 Å². The molecule has 0 spiro atoms. The Bertz CT molecular complexity index is 409. The molecule has 4 nitrogen and oxygen atoms in total. The summed E-state index contributed by atoms with van der Waals surface area (Å²) < 4.78 is 13.1. The van der Waals surface area contributed by atoms with Crippen LogP contribution < -0.4 is 5.73 Å². The van der Waals surface area contributed by atoms with E-state index in [0.717, 1.165) is 12.0 Å². The second kappa shape index (κ2) is 6.96. The van der Waals surface area contributed by atoms with E-state index in [1.54, 1.807) is 6.07 Å². The van der Waals surface area contributed by atoms with Gasteiger partial charge in [-0.3, -0.25) is 4.90 Å². The van der Waals surface area contributed by atoms with Crippen LogP contribution in [0.15, 0.2) is 29.4 Å². The van der Waals surface area contributed by atoms with Crippen LogP contribution in [0, 0.1) is 5.82 Å². The molecule has 5 heteroatoms. The van der Waals surface area contributed by atoms with E-state index in [0.29, 0.717) is 13.0 Å². The van der Waals surface area contributed by atoms with E-state index in [2.05, 4.69) is 10.1 Å². The first kappa shape index (κ1) is 14.4. The molecular weight excluding hydrogens is 233 g/mol. The first-order valence-electron chi connectivity index (χ1n) is 5.97. The zero-order valence-corrected chi connectivity index (χ0v) is 10.8. The van der Waals surface area contributed by atoms with E-state index >= 15 is 0 Å². The van der Waals surface area contributed by atoms with Gasteiger partial charge in [0.15, 0.2) is 0 Å². The molecule has 0 aromatic heterocycles. The SMILES string of the molecule is CCC(C/C(N)=N/O)N(C)Cc1cccc(F)c1. The summed E-state index contributed by atoms with van der Waals surface area (Å²) in [6, 6.07) is 6.70. The Balaban J connectivity index is 2.64. The average Bonchev–Trinajstić information content (AvgIpc) is 2.35. The molecule has 0 saturated carbocycles. The standard InChI is InChI=1S/C13H20FN3O/c1-3-12(8-13(15)16-18)17(2)9-10-5-4-6-11(14)7-10/h4-7,12,18H,3,8-9H2,1-2H3,(H2,15,16). The van der Waals surface area contributed by atoms with Gasteiger partial charge >= 0.3 is 0 Å². The third-order valence-corrected chi connectivity index (χ3v) is 2.99. The number of rotatable bonds is 6. The molecule has 100 valence electrons. The van der Waals surface area contributed by atoms with Gasteiger partial charge in [0, 0.05) is 19.0 Å². The number of halogens is 1. The summed E-state index contributed by atoms with van der Waals surface area (Å²) in [7, 11) is 1.95. The van der Waals surface area contributed by atoms with E-state index in [4.69, 9.17) is 10.9 Å². The van der Waals surface area contributed by atoms with Crippen molar-refractivity contribution in [2.24, 2.45) is 10.9 Å². The Morgan fingerprint density at radius 3 is 2.83 bits per heavy atom. The van der Waals surface area contributed by atoms with Crippen molar-refractivity contribution >= 4 is 5.84 Å². The van der Waals surface area contributed by atoms with Gasteiger partial charge in [-0.2, -0.15) is 0 Å². The second-order valence-corrected chi connectivity index (χ2v) is 4.40. The fraction of sp³-hybridized carbons (Fsp3) is 0.462. The lowest BCUT2D eigenvalue weighted by molar-refractivity contribution is 0.229. The molecule has 1 atom stereocenters. The molecule has 3 N–H and O–H groups in total. The second-order valence-electron chi connectivity index (χ2n) is 4.40. The number of amidine groups is 1. The van der Waals surface area contributed by atoms with Crippen LogP contribution in [0.4, 0.5) is 4.39 Å². The molecule has 0 aliphatic heterocycles. The quantitative estimate of drug-likeness (QED) is 0.353. The minimum atomic E-state index is -0.231. The normalized spacial score (nSPS) is 13.9. The highest BCUT2D eigenvalue weighted by Crippen LogP contribution is 2.12. The molecule has 0 fully saturated rings. The van der Waals surface area contributed by atoms with Crippen molar-refractivity contribution in [2.45, 2.75) is 32.4 Å². The summed E-state index contributed by atoms with van der Waals surface area (Å²) in [5.41, 5.74) is 6.43. The molecule has 0 bridgehead atoms. The van der Waals surface area contributed by atoms with Crippen molar-refractivity contribution in [2.75, 3.05) is 7.05 Å². The maximum absolute atomic E-state index is 13.1. The zero-order valence-electron chi connectivity index (χ0n) is 10.8. The van der Waals surface area contributed by atoms with E-state index < -0.39 is 0 Å². The molecule has 1 aromatic rings. The van der Waals surface area contributed by atoms with E-state index in [1.165, 1.54) is 12.1 Å². The van der Waals surface area contributed by atoms with Gasteiger partial charge in [-0.1, -0.05) is 24.2 Å². The minimum absolute atomic E-state index is 0.171. The van der Waals surface area contributed by atoms with Gasteiger partial charge in [0.05, 0.1) is 0 Å². The molecule has 18 heavy (non-hydrogen) atoms. The lowest BCUT2D eigenvalue weighted by Gasteiger charge is -2.26. The van der Waals surface area contributed by atoms with Gasteiger partial charge < -0.3 is 10.9 Å². The van der Waals surface area contributed by atoms with E-state index in [9.17, 15) is 4.39 Å². The number of hydrogen-bond acceptors (Lipinski definition) is 3. The molecule has 0 heterocycles. The van der Waals surface area contributed by atoms with Gasteiger partial charge in [0.2, 0.25) is 0 Å². The summed E-state index contributed by atoms with van der Waals surface area (Å²) in [5, 5.41) is 11.6. The molecule has 0 radical (unpaired) electrons. The number of benzene rings is 1. The molecular formula is C13H20FN3O. The van der Waals surface area contributed by atoms with Crippen molar-refractivity contribution in [3.05, 3.63) is 35.6 Å². The summed E-state index contributed by atoms with van der Waals surface area (Å²) in [6.45, 7) is 2.67. The molecule has 1 unspecified atom stereocenters. The Kier molecular flexibility index (Phi) is 5.58. The highest BCUT2D eigenvalue weighted by Gasteiger charge is 2.15. The van der Waals surface area contributed by atoms with Gasteiger partial charge in [-0.05, 0) is 31.2 Å². The molecule has 1 aromatic carbocycles. The fourth-order valence-corrected chi connectivity index (χ4v) is 1.95. The lowest BCUT2D eigenvalue weighted by Crippen LogP contribution is -2.34. The lowest BCUT2D eigenvalue weighted by atomic mass is 10.1. The number of nitrogens with zero attached hydrogens (tertiary/aromatic N) is 2. The van der Waals surface area contributed by atoms with Crippen LogP contribution in [0.5, 0.6) is 0 Å². The number of hydrogen-bond donors (Lipinski definition) is 2. The Morgan fingerprint density at radius 1 is 1.56 bits per heavy atom. The topological polar surface area (TPSA) is 61.9 Å². The number of nitrogens with two attached hydrogens (primary N) is 1. The summed E-state index contributed by atoms with van der Waals surface area (Å²) in [5.74, 6) is -0.0154. The highest BCUT2D eigenvalue weighted by molar-refractivity contribution is 5.80.